The van der Waals surface area contributed by atoms with Gasteiger partial charge in [0, 0.05) is 7.11 Å². The van der Waals surface area contributed by atoms with Crippen LogP contribution in [0.2, 0.25) is 5.04 Å². The molecule has 1 fully saturated rings. The monoisotopic (exact) mass is 494 g/mol. The lowest BCUT2D eigenvalue weighted by Gasteiger charge is -2.43. The van der Waals surface area contributed by atoms with Crippen LogP contribution < -0.4 is 10.4 Å². The van der Waals surface area contributed by atoms with Crippen molar-refractivity contribution < 1.29 is 18.6 Å². The highest BCUT2D eigenvalue weighted by Crippen LogP contribution is 2.38. The van der Waals surface area contributed by atoms with Crippen molar-refractivity contribution in [1.29, 1.82) is 0 Å². The zero-order chi connectivity index (χ0) is 25.7. The summed E-state index contributed by atoms with van der Waals surface area (Å²) in [7, 11) is -0.954. The third-order valence-electron chi connectivity index (χ3n) is 6.76. The van der Waals surface area contributed by atoms with E-state index >= 15 is 0 Å². The normalized spacial score (nSPS) is 22.3. The van der Waals surface area contributed by atoms with Crippen LogP contribution >= 0.6 is 0 Å². The van der Waals surface area contributed by atoms with E-state index in [1.54, 1.807) is 7.11 Å². The van der Waals surface area contributed by atoms with E-state index in [-0.39, 0.29) is 17.2 Å². The van der Waals surface area contributed by atoms with Crippen molar-refractivity contribution >= 4 is 18.7 Å². The second kappa shape index (κ2) is 10.9. The van der Waals surface area contributed by atoms with Crippen molar-refractivity contribution in [2.24, 2.45) is 0 Å². The molecule has 2 aromatic rings. The van der Waals surface area contributed by atoms with E-state index in [1.165, 1.54) is 10.4 Å². The standard InChI is InChI=1S/C30H42O4Si/c1-9-21-30(7,31-8)22-20-26-27(34-29(5,6)33-26)23-32-35(28(2,3)4,24-16-12-10-13-17-24)25-18-14-11-15-19-25/h9-20,22,26-27H,1,21,23H2,2-8H3/b22-20-/t26-,27-,30+/m1/s1. The van der Waals surface area contributed by atoms with E-state index in [2.05, 4.69) is 100 Å². The minimum Gasteiger partial charge on any atom is -0.405 e. The summed E-state index contributed by atoms with van der Waals surface area (Å²) in [6.45, 7) is 17.1. The molecule has 0 bridgehead atoms. The Morgan fingerprint density at radius 1 is 0.943 bits per heavy atom. The Hall–Kier alpha value is -2.02. The van der Waals surface area contributed by atoms with Crippen LogP contribution in [-0.2, 0) is 18.6 Å². The molecule has 3 rings (SSSR count). The van der Waals surface area contributed by atoms with Gasteiger partial charge in [0.2, 0.25) is 0 Å². The average Bonchev–Trinajstić information content (AvgIpc) is 3.12. The summed E-state index contributed by atoms with van der Waals surface area (Å²) in [6, 6.07) is 21.3. The molecule has 3 atom stereocenters. The van der Waals surface area contributed by atoms with E-state index in [1.807, 2.05) is 26.8 Å². The molecule has 0 amide bonds. The Kier molecular flexibility index (Phi) is 8.61. The minimum absolute atomic E-state index is 0.103. The topological polar surface area (TPSA) is 36.9 Å². The predicted octanol–water partition coefficient (Wildman–Crippen LogP) is 5.62. The van der Waals surface area contributed by atoms with Crippen LogP contribution in [0.5, 0.6) is 0 Å². The van der Waals surface area contributed by atoms with Crippen LogP contribution in [0.4, 0.5) is 0 Å². The SMILES string of the molecule is C=CC[C@@](C)(/C=C\[C@H]1OC(C)(C)O[C@@H]1CO[Si](c1ccccc1)(c1ccccc1)C(C)(C)C)OC. The second-order valence-electron chi connectivity index (χ2n) is 11.0. The van der Waals surface area contributed by atoms with E-state index in [4.69, 9.17) is 18.6 Å². The van der Waals surface area contributed by atoms with Crippen molar-refractivity contribution in [3.05, 3.63) is 85.5 Å². The molecule has 1 aliphatic heterocycles. The maximum absolute atomic E-state index is 7.13. The molecule has 35 heavy (non-hydrogen) atoms. The van der Waals surface area contributed by atoms with Gasteiger partial charge in [0.15, 0.2) is 5.79 Å². The maximum atomic E-state index is 7.13. The van der Waals surface area contributed by atoms with Gasteiger partial charge in [0.1, 0.15) is 12.2 Å². The Balaban J connectivity index is 1.97. The van der Waals surface area contributed by atoms with Gasteiger partial charge in [-0.3, -0.25) is 0 Å². The van der Waals surface area contributed by atoms with Crippen LogP contribution in [0.3, 0.4) is 0 Å². The molecule has 4 nitrogen and oxygen atoms in total. The maximum Gasteiger partial charge on any atom is 0.261 e. The summed E-state index contributed by atoms with van der Waals surface area (Å²) in [5.74, 6) is -0.698. The van der Waals surface area contributed by atoms with Crippen molar-refractivity contribution in [1.82, 2.24) is 0 Å². The van der Waals surface area contributed by atoms with Gasteiger partial charge >= 0.3 is 0 Å². The molecule has 5 heteroatoms. The van der Waals surface area contributed by atoms with Gasteiger partial charge in [-0.1, -0.05) is 99.7 Å². The predicted molar refractivity (Wildman–Crippen MR) is 147 cm³/mol. The van der Waals surface area contributed by atoms with Gasteiger partial charge in [0.25, 0.3) is 8.32 Å². The summed E-state index contributed by atoms with van der Waals surface area (Å²) in [6.07, 6.45) is 6.20. The summed E-state index contributed by atoms with van der Waals surface area (Å²) >= 11 is 0. The molecule has 0 unspecified atom stereocenters. The lowest BCUT2D eigenvalue weighted by atomic mass is 10.00. The molecule has 0 N–H and O–H groups in total. The third kappa shape index (κ3) is 6.22. The molecule has 2 aromatic carbocycles. The molecule has 0 aliphatic carbocycles. The smallest absolute Gasteiger partial charge is 0.261 e. The van der Waals surface area contributed by atoms with E-state index in [0.717, 1.165) is 0 Å². The molecule has 0 radical (unpaired) electrons. The summed E-state index contributed by atoms with van der Waals surface area (Å²) in [5.41, 5.74) is -0.443. The van der Waals surface area contributed by atoms with Crippen molar-refractivity contribution in [3.63, 3.8) is 0 Å². The largest absolute Gasteiger partial charge is 0.405 e. The fraction of sp³-hybridized carbons (Fsp3) is 0.467. The zero-order valence-electron chi connectivity index (χ0n) is 22.4. The van der Waals surface area contributed by atoms with Crippen molar-refractivity contribution in [2.45, 2.75) is 76.6 Å². The van der Waals surface area contributed by atoms with Gasteiger partial charge in [-0.2, -0.15) is 0 Å². The third-order valence-corrected chi connectivity index (χ3v) is 11.8. The van der Waals surface area contributed by atoms with E-state index in [0.29, 0.717) is 13.0 Å². The fourth-order valence-corrected chi connectivity index (χ4v) is 9.50. The molecule has 1 saturated heterocycles. The molecule has 0 saturated carbocycles. The van der Waals surface area contributed by atoms with Gasteiger partial charge in [-0.05, 0) is 42.6 Å². The number of methoxy groups -OCH3 is 1. The van der Waals surface area contributed by atoms with E-state index in [9.17, 15) is 0 Å². The summed E-state index contributed by atoms with van der Waals surface area (Å²) < 4.78 is 25.5. The average molecular weight is 495 g/mol. The molecule has 1 aliphatic rings. The number of hydrogen-bond acceptors (Lipinski definition) is 4. The minimum atomic E-state index is -2.67. The van der Waals surface area contributed by atoms with Crippen molar-refractivity contribution in [3.8, 4) is 0 Å². The van der Waals surface area contributed by atoms with Crippen LogP contribution in [0, 0.1) is 0 Å². The van der Waals surface area contributed by atoms with Crippen LogP contribution in [0.15, 0.2) is 85.5 Å². The number of hydrogen-bond donors (Lipinski definition) is 0. The Bertz CT molecular complexity index is 941. The molecule has 0 spiro atoms. The highest BCUT2D eigenvalue weighted by molar-refractivity contribution is 6.99. The Morgan fingerprint density at radius 3 is 1.94 bits per heavy atom. The number of ether oxygens (including phenoxy) is 3. The fourth-order valence-electron chi connectivity index (χ4n) is 4.93. The van der Waals surface area contributed by atoms with E-state index < -0.39 is 19.7 Å². The summed E-state index contributed by atoms with van der Waals surface area (Å²) in [4.78, 5) is 0. The van der Waals surface area contributed by atoms with Gasteiger partial charge < -0.3 is 18.6 Å². The quantitative estimate of drug-likeness (QED) is 0.317. The van der Waals surface area contributed by atoms with Crippen LogP contribution in [0.25, 0.3) is 0 Å². The Labute approximate surface area is 213 Å². The highest BCUT2D eigenvalue weighted by Gasteiger charge is 2.51. The second-order valence-corrected chi connectivity index (χ2v) is 15.3. The molecule has 1 heterocycles. The Morgan fingerprint density at radius 2 is 1.49 bits per heavy atom. The molecular formula is C30H42O4Si. The first-order chi connectivity index (χ1) is 16.5. The molecular weight excluding hydrogens is 452 g/mol. The highest BCUT2D eigenvalue weighted by atomic mass is 28.4. The zero-order valence-corrected chi connectivity index (χ0v) is 23.4. The number of benzene rings is 2. The first-order valence-corrected chi connectivity index (χ1v) is 14.3. The van der Waals surface area contributed by atoms with Gasteiger partial charge in [-0.15, -0.1) is 6.58 Å². The number of rotatable bonds is 10. The lowest BCUT2D eigenvalue weighted by Crippen LogP contribution is -2.67. The summed E-state index contributed by atoms with van der Waals surface area (Å²) in [5, 5.41) is 2.40. The first-order valence-electron chi connectivity index (χ1n) is 12.4. The van der Waals surface area contributed by atoms with Crippen molar-refractivity contribution in [2.75, 3.05) is 13.7 Å². The van der Waals surface area contributed by atoms with Gasteiger partial charge in [-0.25, -0.2) is 0 Å². The molecule has 0 aromatic heterocycles. The van der Waals surface area contributed by atoms with Crippen LogP contribution in [-0.4, -0.2) is 45.6 Å². The first kappa shape index (κ1) is 27.6. The molecule has 190 valence electrons. The van der Waals surface area contributed by atoms with Crippen LogP contribution in [0.1, 0.15) is 48.0 Å². The van der Waals surface area contributed by atoms with Gasteiger partial charge in [0.05, 0.1) is 12.2 Å². The lowest BCUT2D eigenvalue weighted by molar-refractivity contribution is -0.145.